The molecule has 0 unspecified atom stereocenters. The highest BCUT2D eigenvalue weighted by Crippen LogP contribution is 2.39. The van der Waals surface area contributed by atoms with Crippen LogP contribution in [0.15, 0.2) is 0 Å². The van der Waals surface area contributed by atoms with Crippen LogP contribution in [-0.4, -0.2) is 72.0 Å². The average Bonchev–Trinajstić information content (AvgIpc) is 2.54. The van der Waals surface area contributed by atoms with Crippen LogP contribution in [0.1, 0.15) is 34.6 Å². The van der Waals surface area contributed by atoms with Gasteiger partial charge in [0, 0.05) is 13.2 Å². The third kappa shape index (κ3) is 6.34. The van der Waals surface area contributed by atoms with Crippen molar-refractivity contribution in [3.05, 3.63) is 0 Å². The number of carbonyl (C=O) groups excluding carboxylic acids is 1. The normalized spacial score (nSPS) is 19.4. The predicted octanol–water partition coefficient (Wildman–Crippen LogP) is 0.848. The fourth-order valence-corrected chi connectivity index (χ4v) is 2.51. The smallest absolute Gasteiger partial charge is 0.379 e. The summed E-state index contributed by atoms with van der Waals surface area (Å²) in [6, 6.07) is 0. The highest BCUT2D eigenvalue weighted by Gasteiger charge is 2.55. The SMILES string of the molecule is CCOCCOCCN1C(=O)C(C)(C)N(Cl)C1(C)C.O=S(=O)=O. The number of nitrogens with zero attached hydrogens (tertiary/aromatic N) is 2. The fourth-order valence-electron chi connectivity index (χ4n) is 2.35. The molecule has 1 aliphatic rings. The van der Waals surface area contributed by atoms with E-state index in [0.717, 1.165) is 0 Å². The highest BCUT2D eigenvalue weighted by molar-refractivity contribution is 7.59. The fraction of sp³-hybridized carbons (Fsp3) is 0.923. The Morgan fingerprint density at radius 3 is 1.91 bits per heavy atom. The van der Waals surface area contributed by atoms with E-state index in [1.807, 2.05) is 34.6 Å². The van der Waals surface area contributed by atoms with Gasteiger partial charge >= 0.3 is 10.6 Å². The largest absolute Gasteiger partial charge is 0.425 e. The van der Waals surface area contributed by atoms with Crippen molar-refractivity contribution in [1.82, 2.24) is 9.32 Å². The minimum atomic E-state index is -3.11. The zero-order valence-corrected chi connectivity index (χ0v) is 15.7. The van der Waals surface area contributed by atoms with Crippen LogP contribution in [0.25, 0.3) is 0 Å². The number of carbonyl (C=O) groups is 1. The Kier molecular flexibility index (Phi) is 9.22. The van der Waals surface area contributed by atoms with E-state index in [1.54, 1.807) is 9.32 Å². The van der Waals surface area contributed by atoms with Crippen molar-refractivity contribution in [3.8, 4) is 0 Å². The van der Waals surface area contributed by atoms with Crippen molar-refractivity contribution in [1.29, 1.82) is 0 Å². The lowest BCUT2D eigenvalue weighted by atomic mass is 10.1. The van der Waals surface area contributed by atoms with Gasteiger partial charge < -0.3 is 14.4 Å². The molecule has 1 saturated heterocycles. The van der Waals surface area contributed by atoms with Gasteiger partial charge in [0.25, 0.3) is 0 Å². The van der Waals surface area contributed by atoms with Crippen molar-refractivity contribution in [2.45, 2.75) is 45.8 Å². The second-order valence-corrected chi connectivity index (χ2v) is 6.55. The lowest BCUT2D eigenvalue weighted by molar-refractivity contribution is -0.134. The standard InChI is InChI=1S/C13H25ClN2O3.O3S/c1-6-18-9-10-19-8-7-15-11(17)12(2,3)16(14)13(15,4)5;1-4(2)3/h6-10H2,1-5H3;. The Morgan fingerprint density at radius 2 is 1.52 bits per heavy atom. The first-order valence-electron chi connectivity index (χ1n) is 7.20. The van der Waals surface area contributed by atoms with Crippen molar-refractivity contribution >= 4 is 28.3 Å². The van der Waals surface area contributed by atoms with Crippen molar-refractivity contribution in [2.24, 2.45) is 0 Å². The maximum absolute atomic E-state index is 12.3. The molecule has 1 fully saturated rings. The molecule has 0 aromatic carbocycles. The average molecular weight is 373 g/mol. The molecule has 0 aromatic rings. The van der Waals surface area contributed by atoms with E-state index in [2.05, 4.69) is 0 Å². The Balaban J connectivity index is 0.00000108. The second-order valence-electron chi connectivity index (χ2n) is 5.80. The van der Waals surface area contributed by atoms with Gasteiger partial charge in [-0.2, -0.15) is 4.42 Å². The molecular formula is C13H25ClN2O6S. The molecular weight excluding hydrogens is 348 g/mol. The molecule has 136 valence electrons. The molecule has 0 aliphatic carbocycles. The van der Waals surface area contributed by atoms with Gasteiger partial charge in [-0.25, -0.2) is 0 Å². The molecule has 0 bridgehead atoms. The highest BCUT2D eigenvalue weighted by atomic mass is 35.5. The van der Waals surface area contributed by atoms with Gasteiger partial charge in [-0.05, 0) is 46.4 Å². The molecule has 0 saturated carbocycles. The second kappa shape index (κ2) is 9.53. The van der Waals surface area contributed by atoms with Crippen LogP contribution in [0.2, 0.25) is 0 Å². The van der Waals surface area contributed by atoms with E-state index in [0.29, 0.717) is 33.0 Å². The predicted molar refractivity (Wildman–Crippen MR) is 84.6 cm³/mol. The lowest BCUT2D eigenvalue weighted by Crippen LogP contribution is -2.47. The van der Waals surface area contributed by atoms with Crippen LogP contribution in [0.5, 0.6) is 0 Å². The van der Waals surface area contributed by atoms with E-state index in [-0.39, 0.29) is 5.91 Å². The summed E-state index contributed by atoms with van der Waals surface area (Å²) >= 11 is 6.28. The lowest BCUT2D eigenvalue weighted by Gasteiger charge is -2.35. The first kappa shape index (κ1) is 22.3. The molecule has 23 heavy (non-hydrogen) atoms. The zero-order chi connectivity index (χ0) is 18.3. The molecule has 1 heterocycles. The minimum Gasteiger partial charge on any atom is -0.379 e. The minimum absolute atomic E-state index is 0.0286. The number of hydrogen-bond donors (Lipinski definition) is 0. The van der Waals surface area contributed by atoms with E-state index >= 15 is 0 Å². The van der Waals surface area contributed by atoms with Crippen LogP contribution >= 0.6 is 11.8 Å². The summed E-state index contributed by atoms with van der Waals surface area (Å²) in [5.41, 5.74) is -1.19. The first-order valence-corrected chi connectivity index (χ1v) is 8.53. The zero-order valence-electron chi connectivity index (χ0n) is 14.2. The molecule has 0 atom stereocenters. The van der Waals surface area contributed by atoms with Gasteiger partial charge in [-0.15, -0.1) is 12.6 Å². The van der Waals surface area contributed by atoms with Gasteiger partial charge in [0.05, 0.1) is 19.8 Å². The van der Waals surface area contributed by atoms with Crippen LogP contribution < -0.4 is 0 Å². The van der Waals surface area contributed by atoms with E-state index in [4.69, 9.17) is 33.9 Å². The molecule has 0 spiro atoms. The topological polar surface area (TPSA) is 93.2 Å². The van der Waals surface area contributed by atoms with Gasteiger partial charge in [-0.1, -0.05) is 0 Å². The van der Waals surface area contributed by atoms with E-state index in [1.165, 1.54) is 0 Å². The summed E-state index contributed by atoms with van der Waals surface area (Å²) in [6.07, 6.45) is 0. The van der Waals surface area contributed by atoms with Gasteiger partial charge in [0.1, 0.15) is 11.2 Å². The summed E-state index contributed by atoms with van der Waals surface area (Å²) in [6.45, 7) is 12.3. The summed E-state index contributed by atoms with van der Waals surface area (Å²) < 4.78 is 37.6. The van der Waals surface area contributed by atoms with E-state index < -0.39 is 21.8 Å². The van der Waals surface area contributed by atoms with Gasteiger partial charge in [0.2, 0.25) is 5.91 Å². The first-order chi connectivity index (χ1) is 10.5. The quantitative estimate of drug-likeness (QED) is 0.483. The Morgan fingerprint density at radius 1 is 1.04 bits per heavy atom. The van der Waals surface area contributed by atoms with Gasteiger partial charge in [-0.3, -0.25) is 4.79 Å². The summed E-state index contributed by atoms with van der Waals surface area (Å²) in [5.74, 6) is 0.0286. The number of hydrogen-bond acceptors (Lipinski definition) is 7. The molecule has 1 aliphatic heterocycles. The summed E-state index contributed by atoms with van der Waals surface area (Å²) in [7, 11) is -3.11. The van der Waals surface area contributed by atoms with E-state index in [9.17, 15) is 4.79 Å². The maximum Gasteiger partial charge on any atom is 0.425 e. The Hall–Kier alpha value is -0.740. The summed E-state index contributed by atoms with van der Waals surface area (Å²) in [5, 5.41) is 0. The molecule has 0 N–H and O–H groups in total. The number of ether oxygens (including phenoxy) is 2. The van der Waals surface area contributed by atoms with Crippen LogP contribution in [0.4, 0.5) is 0 Å². The molecule has 0 radical (unpaired) electrons. The number of halogens is 1. The molecule has 1 amide bonds. The van der Waals surface area contributed by atoms with Crippen molar-refractivity contribution in [2.75, 3.05) is 33.0 Å². The maximum atomic E-state index is 12.3. The summed E-state index contributed by atoms with van der Waals surface area (Å²) in [4.78, 5) is 14.1. The van der Waals surface area contributed by atoms with Crippen molar-refractivity contribution < 1.29 is 26.9 Å². The molecule has 0 aromatic heterocycles. The van der Waals surface area contributed by atoms with Gasteiger partial charge in [0.15, 0.2) is 0 Å². The third-order valence-electron chi connectivity index (χ3n) is 3.44. The Bertz CT molecular complexity index is 487. The van der Waals surface area contributed by atoms with Crippen LogP contribution in [0.3, 0.4) is 0 Å². The monoisotopic (exact) mass is 372 g/mol. The molecule has 10 heteroatoms. The van der Waals surface area contributed by atoms with Crippen LogP contribution in [-0.2, 0) is 24.9 Å². The third-order valence-corrected chi connectivity index (χ3v) is 4.27. The number of rotatable bonds is 7. The molecule has 8 nitrogen and oxygen atoms in total. The number of amides is 1. The molecule has 1 rings (SSSR count). The Labute approximate surface area is 143 Å². The van der Waals surface area contributed by atoms with Crippen molar-refractivity contribution in [3.63, 3.8) is 0 Å². The van der Waals surface area contributed by atoms with Crippen LogP contribution in [0, 0.1) is 0 Å².